The van der Waals surface area contributed by atoms with Crippen LogP contribution in [0.5, 0.6) is 0 Å². The van der Waals surface area contributed by atoms with Gasteiger partial charge in [0.1, 0.15) is 0 Å². The van der Waals surface area contributed by atoms with Crippen LogP contribution in [0.1, 0.15) is 30.6 Å². The Morgan fingerprint density at radius 2 is 2.12 bits per heavy atom. The number of aromatic nitrogens is 1. The Kier molecular flexibility index (Phi) is 3.09. The summed E-state index contributed by atoms with van der Waals surface area (Å²) >= 11 is 0. The molecule has 2 heteroatoms. The third-order valence-corrected chi connectivity index (χ3v) is 3.15. The number of hydrogen-bond donors (Lipinski definition) is 0. The topological polar surface area (TPSA) is 22.0 Å². The summed E-state index contributed by atoms with van der Waals surface area (Å²) in [5.74, 6) is 0.635. The maximum atomic E-state index is 11.0. The largest absolute Gasteiger partial charge is 0.346 e. The van der Waals surface area contributed by atoms with Crippen LogP contribution < -0.4 is 0 Å². The van der Waals surface area contributed by atoms with Gasteiger partial charge in [-0.25, -0.2) is 0 Å². The zero-order chi connectivity index (χ0) is 11.5. The van der Waals surface area contributed by atoms with Crippen molar-refractivity contribution in [2.24, 2.45) is 5.92 Å². The first-order valence-electron chi connectivity index (χ1n) is 5.79. The van der Waals surface area contributed by atoms with Gasteiger partial charge in [-0.3, -0.25) is 4.79 Å². The van der Waals surface area contributed by atoms with Gasteiger partial charge in [0.25, 0.3) is 0 Å². The van der Waals surface area contributed by atoms with E-state index in [9.17, 15) is 4.79 Å². The summed E-state index contributed by atoms with van der Waals surface area (Å²) in [6, 6.07) is 8.07. The maximum Gasteiger partial charge on any atom is 0.152 e. The zero-order valence-corrected chi connectivity index (χ0v) is 9.81. The molecule has 0 saturated heterocycles. The molecule has 1 aromatic carbocycles. The number of benzene rings is 1. The Morgan fingerprint density at radius 3 is 2.81 bits per heavy atom. The minimum atomic E-state index is 0.635. The van der Waals surface area contributed by atoms with Gasteiger partial charge in [0.05, 0.1) is 0 Å². The highest BCUT2D eigenvalue weighted by Gasteiger charge is 2.08. The quantitative estimate of drug-likeness (QED) is 0.715. The summed E-state index contributed by atoms with van der Waals surface area (Å²) in [4.78, 5) is 11.0. The average Bonchev–Trinajstić information content (AvgIpc) is 2.68. The highest BCUT2D eigenvalue weighted by Crippen LogP contribution is 2.21. The fourth-order valence-corrected chi connectivity index (χ4v) is 1.99. The van der Waals surface area contributed by atoms with Crippen LogP contribution in [0.2, 0.25) is 0 Å². The van der Waals surface area contributed by atoms with E-state index in [1.807, 2.05) is 24.4 Å². The number of carbonyl (C=O) groups is 1. The van der Waals surface area contributed by atoms with Gasteiger partial charge in [-0.15, -0.1) is 0 Å². The molecular weight excluding hydrogens is 198 g/mol. The predicted octanol–water partition coefficient (Wildman–Crippen LogP) is 3.50. The van der Waals surface area contributed by atoms with Crippen LogP contribution in [-0.4, -0.2) is 10.9 Å². The summed E-state index contributed by atoms with van der Waals surface area (Å²) in [6.45, 7) is 5.40. The minimum absolute atomic E-state index is 0.635. The molecule has 1 atom stereocenters. The molecule has 0 aliphatic heterocycles. The highest BCUT2D eigenvalue weighted by molar-refractivity contribution is 5.97. The molecule has 0 amide bonds. The predicted molar refractivity (Wildman–Crippen MR) is 66.8 cm³/mol. The van der Waals surface area contributed by atoms with Gasteiger partial charge in [-0.1, -0.05) is 38.5 Å². The number of para-hydroxylation sites is 1. The average molecular weight is 215 g/mol. The van der Waals surface area contributed by atoms with Gasteiger partial charge in [-0.05, 0) is 12.0 Å². The number of nitrogens with zero attached hydrogens (tertiary/aromatic N) is 1. The summed E-state index contributed by atoms with van der Waals surface area (Å²) in [5.41, 5.74) is 1.95. The lowest BCUT2D eigenvalue weighted by atomic mass is 10.1. The smallest absolute Gasteiger partial charge is 0.152 e. The molecule has 0 fully saturated rings. The Morgan fingerprint density at radius 1 is 1.38 bits per heavy atom. The second kappa shape index (κ2) is 4.52. The normalized spacial score (nSPS) is 12.9. The van der Waals surface area contributed by atoms with Crippen molar-refractivity contribution in [1.29, 1.82) is 0 Å². The molecule has 0 aliphatic rings. The molecule has 1 unspecified atom stereocenters. The second-order valence-corrected chi connectivity index (χ2v) is 4.39. The Bertz CT molecular complexity index is 498. The number of carbonyl (C=O) groups excluding carboxylic acids is 1. The molecule has 1 aromatic heterocycles. The van der Waals surface area contributed by atoms with Crippen LogP contribution in [0.25, 0.3) is 10.9 Å². The molecule has 0 saturated carbocycles. The van der Waals surface area contributed by atoms with Crippen molar-refractivity contribution in [1.82, 2.24) is 4.57 Å². The molecule has 0 radical (unpaired) electrons. The highest BCUT2D eigenvalue weighted by atomic mass is 16.1. The van der Waals surface area contributed by atoms with Crippen LogP contribution in [0.15, 0.2) is 30.5 Å². The molecule has 2 nitrogen and oxygen atoms in total. The third-order valence-electron chi connectivity index (χ3n) is 3.15. The van der Waals surface area contributed by atoms with E-state index in [4.69, 9.17) is 0 Å². The monoisotopic (exact) mass is 215 g/mol. The molecule has 16 heavy (non-hydrogen) atoms. The summed E-state index contributed by atoms with van der Waals surface area (Å²) in [7, 11) is 0. The SMILES string of the molecule is CCC(C)Cn1cc(C=O)c2ccccc21. The zero-order valence-electron chi connectivity index (χ0n) is 9.81. The Labute approximate surface area is 95.9 Å². The number of fused-ring (bicyclic) bond motifs is 1. The van der Waals surface area contributed by atoms with E-state index in [0.29, 0.717) is 5.92 Å². The Hall–Kier alpha value is -1.57. The van der Waals surface area contributed by atoms with Crippen LogP contribution in [-0.2, 0) is 6.54 Å². The molecule has 84 valence electrons. The van der Waals surface area contributed by atoms with Gasteiger partial charge in [0.2, 0.25) is 0 Å². The van der Waals surface area contributed by atoms with Crippen LogP contribution >= 0.6 is 0 Å². The van der Waals surface area contributed by atoms with Gasteiger partial charge in [-0.2, -0.15) is 0 Å². The van der Waals surface area contributed by atoms with Crippen LogP contribution in [0.4, 0.5) is 0 Å². The standard InChI is InChI=1S/C14H17NO/c1-3-11(2)8-15-9-12(10-16)13-6-4-5-7-14(13)15/h4-7,9-11H,3,8H2,1-2H3. The van der Waals surface area contributed by atoms with E-state index in [1.165, 1.54) is 0 Å². The van der Waals surface area contributed by atoms with Crippen molar-refractivity contribution < 1.29 is 4.79 Å². The van der Waals surface area contributed by atoms with E-state index in [-0.39, 0.29) is 0 Å². The van der Waals surface area contributed by atoms with E-state index < -0.39 is 0 Å². The fourth-order valence-electron chi connectivity index (χ4n) is 1.99. The van der Waals surface area contributed by atoms with Crippen molar-refractivity contribution in [3.05, 3.63) is 36.0 Å². The Balaban J connectivity index is 2.49. The number of rotatable bonds is 4. The lowest BCUT2D eigenvalue weighted by molar-refractivity contribution is 0.112. The number of aldehydes is 1. The van der Waals surface area contributed by atoms with E-state index >= 15 is 0 Å². The van der Waals surface area contributed by atoms with Gasteiger partial charge >= 0.3 is 0 Å². The van der Waals surface area contributed by atoms with Crippen molar-refractivity contribution in [2.45, 2.75) is 26.8 Å². The summed E-state index contributed by atoms with van der Waals surface area (Å²) < 4.78 is 2.19. The van der Waals surface area contributed by atoms with Crippen LogP contribution in [0, 0.1) is 5.92 Å². The van der Waals surface area contributed by atoms with Crippen molar-refractivity contribution in [3.8, 4) is 0 Å². The van der Waals surface area contributed by atoms with E-state index in [2.05, 4.69) is 24.5 Å². The fraction of sp³-hybridized carbons (Fsp3) is 0.357. The molecule has 0 aliphatic carbocycles. The first kappa shape index (κ1) is 10.9. The van der Waals surface area contributed by atoms with E-state index in [1.54, 1.807) is 0 Å². The number of hydrogen-bond acceptors (Lipinski definition) is 1. The first-order valence-corrected chi connectivity index (χ1v) is 5.79. The minimum Gasteiger partial charge on any atom is -0.346 e. The van der Waals surface area contributed by atoms with Crippen molar-refractivity contribution in [3.63, 3.8) is 0 Å². The van der Waals surface area contributed by atoms with Crippen LogP contribution in [0.3, 0.4) is 0 Å². The second-order valence-electron chi connectivity index (χ2n) is 4.39. The van der Waals surface area contributed by atoms with Gasteiger partial charge in [0.15, 0.2) is 6.29 Å². The molecule has 0 N–H and O–H groups in total. The van der Waals surface area contributed by atoms with Gasteiger partial charge in [0, 0.05) is 29.2 Å². The van der Waals surface area contributed by atoms with E-state index in [0.717, 1.165) is 35.7 Å². The molecule has 1 heterocycles. The molecule has 0 spiro atoms. The third kappa shape index (κ3) is 1.87. The molecular formula is C14H17NO. The molecule has 2 aromatic rings. The molecule has 2 rings (SSSR count). The maximum absolute atomic E-state index is 11.0. The molecule has 0 bridgehead atoms. The lowest BCUT2D eigenvalue weighted by Gasteiger charge is -2.10. The van der Waals surface area contributed by atoms with Crippen molar-refractivity contribution >= 4 is 17.2 Å². The first-order chi connectivity index (χ1) is 7.76. The lowest BCUT2D eigenvalue weighted by Crippen LogP contribution is -2.05. The van der Waals surface area contributed by atoms with Gasteiger partial charge < -0.3 is 4.57 Å². The summed E-state index contributed by atoms with van der Waals surface area (Å²) in [5, 5.41) is 1.06. The summed E-state index contributed by atoms with van der Waals surface area (Å²) in [6.07, 6.45) is 4.06. The van der Waals surface area contributed by atoms with Crippen molar-refractivity contribution in [2.75, 3.05) is 0 Å².